The van der Waals surface area contributed by atoms with Crippen molar-refractivity contribution in [2.75, 3.05) is 0 Å². The van der Waals surface area contributed by atoms with E-state index in [2.05, 4.69) is 24.1 Å². The van der Waals surface area contributed by atoms with Crippen LogP contribution in [0.3, 0.4) is 0 Å². The molecule has 130 valence electrons. The first-order chi connectivity index (χ1) is 11.4. The number of rotatable bonds is 8. The van der Waals surface area contributed by atoms with Crippen molar-refractivity contribution in [1.29, 1.82) is 0 Å². The van der Waals surface area contributed by atoms with E-state index in [0.717, 1.165) is 29.1 Å². The molecular weight excluding hydrogens is 323 g/mol. The molecule has 1 amide bonds. The Labute approximate surface area is 147 Å². The summed E-state index contributed by atoms with van der Waals surface area (Å²) in [6.45, 7) is 6.46. The molecule has 1 N–H and O–H groups in total. The first kappa shape index (κ1) is 18.6. The molecule has 24 heavy (non-hydrogen) atoms. The molecule has 0 aliphatic carbocycles. The van der Waals surface area contributed by atoms with Gasteiger partial charge >= 0.3 is 0 Å². The van der Waals surface area contributed by atoms with Gasteiger partial charge in [-0.2, -0.15) is 0 Å². The molecule has 1 aromatic carbocycles. The summed E-state index contributed by atoms with van der Waals surface area (Å²) in [7, 11) is 0. The van der Waals surface area contributed by atoms with Crippen molar-refractivity contribution < 1.29 is 9.18 Å². The van der Waals surface area contributed by atoms with Crippen LogP contribution in [0.4, 0.5) is 4.39 Å². The second-order valence-corrected chi connectivity index (χ2v) is 7.48. The van der Waals surface area contributed by atoms with Crippen molar-refractivity contribution in [2.24, 2.45) is 5.92 Å². The van der Waals surface area contributed by atoms with Crippen LogP contribution >= 0.6 is 11.3 Å². The minimum atomic E-state index is -0.280. The quantitative estimate of drug-likeness (QED) is 0.743. The van der Waals surface area contributed by atoms with Crippen molar-refractivity contribution in [1.82, 2.24) is 10.3 Å². The molecule has 0 bridgehead atoms. The SMILES string of the molecule is CC(C)CCCC(C)NC(=O)Cc1csc(-c2cccc(F)c2)n1. The third kappa shape index (κ3) is 6.04. The fraction of sp³-hybridized carbons (Fsp3) is 0.474. The van der Waals surface area contributed by atoms with Crippen LogP contribution < -0.4 is 5.32 Å². The zero-order valence-corrected chi connectivity index (χ0v) is 15.3. The monoisotopic (exact) mass is 348 g/mol. The van der Waals surface area contributed by atoms with Gasteiger partial charge in [-0.05, 0) is 31.4 Å². The number of aromatic nitrogens is 1. The molecule has 2 rings (SSSR count). The zero-order valence-electron chi connectivity index (χ0n) is 14.5. The van der Waals surface area contributed by atoms with E-state index in [9.17, 15) is 9.18 Å². The number of amides is 1. The van der Waals surface area contributed by atoms with Gasteiger partial charge in [0.15, 0.2) is 0 Å². The number of hydrogen-bond donors (Lipinski definition) is 1. The summed E-state index contributed by atoms with van der Waals surface area (Å²) in [5.74, 6) is 0.407. The molecule has 0 spiro atoms. The van der Waals surface area contributed by atoms with Crippen LogP contribution in [0, 0.1) is 11.7 Å². The standard InChI is InChI=1S/C19H25FN2OS/c1-13(2)6-4-7-14(3)21-18(23)11-17-12-24-19(22-17)15-8-5-9-16(20)10-15/h5,8-10,12-14H,4,6-7,11H2,1-3H3,(H,21,23). The summed E-state index contributed by atoms with van der Waals surface area (Å²) in [4.78, 5) is 16.6. The number of nitrogens with one attached hydrogen (secondary N) is 1. The van der Waals surface area contributed by atoms with E-state index in [1.807, 2.05) is 18.4 Å². The van der Waals surface area contributed by atoms with Crippen molar-refractivity contribution in [2.45, 2.75) is 52.5 Å². The van der Waals surface area contributed by atoms with E-state index in [4.69, 9.17) is 0 Å². The Bertz CT molecular complexity index is 669. The van der Waals surface area contributed by atoms with E-state index in [0.29, 0.717) is 5.92 Å². The predicted molar refractivity (Wildman–Crippen MR) is 97.5 cm³/mol. The topological polar surface area (TPSA) is 42.0 Å². The molecule has 0 radical (unpaired) electrons. The Hall–Kier alpha value is -1.75. The summed E-state index contributed by atoms with van der Waals surface area (Å²) in [6, 6.07) is 6.53. The average molecular weight is 348 g/mol. The van der Waals surface area contributed by atoms with Crippen LogP contribution in [-0.4, -0.2) is 16.9 Å². The summed E-state index contributed by atoms with van der Waals surface area (Å²) < 4.78 is 13.3. The van der Waals surface area contributed by atoms with Crippen LogP contribution in [0.1, 0.15) is 45.7 Å². The van der Waals surface area contributed by atoms with Gasteiger partial charge in [-0.3, -0.25) is 4.79 Å². The van der Waals surface area contributed by atoms with E-state index < -0.39 is 0 Å². The van der Waals surface area contributed by atoms with Gasteiger partial charge in [0.05, 0.1) is 12.1 Å². The Morgan fingerprint density at radius 1 is 1.29 bits per heavy atom. The second-order valence-electron chi connectivity index (χ2n) is 6.62. The third-order valence-electron chi connectivity index (χ3n) is 3.79. The fourth-order valence-electron chi connectivity index (χ4n) is 2.54. The van der Waals surface area contributed by atoms with E-state index in [1.165, 1.54) is 29.9 Å². The molecule has 3 nitrogen and oxygen atoms in total. The van der Waals surface area contributed by atoms with Gasteiger partial charge < -0.3 is 5.32 Å². The number of hydrogen-bond acceptors (Lipinski definition) is 3. The first-order valence-electron chi connectivity index (χ1n) is 8.43. The third-order valence-corrected chi connectivity index (χ3v) is 4.73. The lowest BCUT2D eigenvalue weighted by Gasteiger charge is -2.14. The minimum absolute atomic E-state index is 0.0110. The van der Waals surface area contributed by atoms with Gasteiger partial charge in [-0.1, -0.05) is 38.8 Å². The number of thiazole rings is 1. The first-order valence-corrected chi connectivity index (χ1v) is 9.31. The minimum Gasteiger partial charge on any atom is -0.353 e. The van der Waals surface area contributed by atoms with Crippen molar-refractivity contribution in [3.05, 3.63) is 41.2 Å². The van der Waals surface area contributed by atoms with Crippen molar-refractivity contribution >= 4 is 17.2 Å². The summed E-state index contributed by atoms with van der Waals surface area (Å²) in [5.41, 5.74) is 1.47. The van der Waals surface area contributed by atoms with Gasteiger partial charge in [0.1, 0.15) is 10.8 Å². The number of halogens is 1. The van der Waals surface area contributed by atoms with Gasteiger partial charge in [-0.25, -0.2) is 9.37 Å². The molecule has 5 heteroatoms. The molecule has 1 unspecified atom stereocenters. The second kappa shape index (κ2) is 8.92. The molecule has 0 saturated heterocycles. The molecule has 0 saturated carbocycles. The number of benzene rings is 1. The lowest BCUT2D eigenvalue weighted by atomic mass is 10.0. The van der Waals surface area contributed by atoms with E-state index in [1.54, 1.807) is 6.07 Å². The van der Waals surface area contributed by atoms with Crippen LogP contribution in [0.25, 0.3) is 10.6 Å². The highest BCUT2D eigenvalue weighted by atomic mass is 32.1. The number of carbonyl (C=O) groups excluding carboxylic acids is 1. The molecule has 0 aliphatic rings. The molecule has 1 atom stereocenters. The number of nitrogens with zero attached hydrogens (tertiary/aromatic N) is 1. The maximum atomic E-state index is 13.3. The maximum absolute atomic E-state index is 13.3. The largest absolute Gasteiger partial charge is 0.353 e. The molecule has 0 fully saturated rings. The van der Waals surface area contributed by atoms with Crippen molar-refractivity contribution in [3.8, 4) is 10.6 Å². The Balaban J connectivity index is 1.84. The summed E-state index contributed by atoms with van der Waals surface area (Å²) >= 11 is 1.43. The van der Waals surface area contributed by atoms with Crippen LogP contribution in [0.5, 0.6) is 0 Å². The van der Waals surface area contributed by atoms with Gasteiger partial charge in [-0.15, -0.1) is 11.3 Å². The van der Waals surface area contributed by atoms with E-state index >= 15 is 0 Å². The normalized spacial score (nSPS) is 12.4. The smallest absolute Gasteiger partial charge is 0.226 e. The highest BCUT2D eigenvalue weighted by Crippen LogP contribution is 2.24. The summed E-state index contributed by atoms with van der Waals surface area (Å²) in [6.07, 6.45) is 3.57. The van der Waals surface area contributed by atoms with Gasteiger partial charge in [0.2, 0.25) is 5.91 Å². The fourth-order valence-corrected chi connectivity index (χ4v) is 3.35. The maximum Gasteiger partial charge on any atom is 0.226 e. The Kier molecular flexibility index (Phi) is 6.91. The number of carbonyl (C=O) groups is 1. The zero-order chi connectivity index (χ0) is 17.5. The van der Waals surface area contributed by atoms with E-state index in [-0.39, 0.29) is 24.2 Å². The lowest BCUT2D eigenvalue weighted by molar-refractivity contribution is -0.121. The van der Waals surface area contributed by atoms with Crippen LogP contribution in [0.15, 0.2) is 29.6 Å². The molecular formula is C19H25FN2OS. The highest BCUT2D eigenvalue weighted by molar-refractivity contribution is 7.13. The van der Waals surface area contributed by atoms with Crippen LogP contribution in [0.2, 0.25) is 0 Å². The average Bonchev–Trinajstić information content (AvgIpc) is 2.95. The Morgan fingerprint density at radius 2 is 2.08 bits per heavy atom. The highest BCUT2D eigenvalue weighted by Gasteiger charge is 2.12. The molecule has 0 aliphatic heterocycles. The molecule has 1 aromatic heterocycles. The molecule has 2 aromatic rings. The lowest BCUT2D eigenvalue weighted by Crippen LogP contribution is -2.33. The Morgan fingerprint density at radius 3 is 2.79 bits per heavy atom. The summed E-state index contributed by atoms with van der Waals surface area (Å²) in [5, 5.41) is 5.63. The molecule has 1 heterocycles. The van der Waals surface area contributed by atoms with Crippen molar-refractivity contribution in [3.63, 3.8) is 0 Å². The predicted octanol–water partition coefficient (Wildman–Crippen LogP) is 4.82. The van der Waals surface area contributed by atoms with Gasteiger partial charge in [0.25, 0.3) is 0 Å². The van der Waals surface area contributed by atoms with Gasteiger partial charge in [0, 0.05) is 17.0 Å². The van der Waals surface area contributed by atoms with Crippen LogP contribution in [-0.2, 0) is 11.2 Å².